The Bertz CT molecular complexity index is 906. The second kappa shape index (κ2) is 12.0. The highest BCUT2D eigenvalue weighted by atomic mass is 16.5. The van der Waals surface area contributed by atoms with Gasteiger partial charge in [0.1, 0.15) is 11.5 Å². The van der Waals surface area contributed by atoms with Crippen LogP contribution in [0.3, 0.4) is 0 Å². The molecular weight excluding hydrogens is 410 g/mol. The van der Waals surface area contributed by atoms with Gasteiger partial charge >= 0.3 is 5.97 Å². The zero-order chi connectivity index (χ0) is 23.5. The van der Waals surface area contributed by atoms with Crippen LogP contribution in [0.5, 0.6) is 0 Å². The molecule has 1 amide bonds. The molecule has 172 valence electrons. The van der Waals surface area contributed by atoms with Gasteiger partial charge in [0.25, 0.3) is 0 Å². The van der Waals surface area contributed by atoms with Gasteiger partial charge in [0, 0.05) is 0 Å². The van der Waals surface area contributed by atoms with E-state index in [1.807, 2.05) is 91.0 Å². The number of methoxy groups -OCH3 is 1. The molecule has 4 nitrogen and oxygen atoms in total. The molecule has 4 heteroatoms. The monoisotopic (exact) mass is 443 g/mol. The molecular formula is C29H33NO3. The molecule has 0 bridgehead atoms. The molecule has 1 N–H and O–H groups in total. The average molecular weight is 444 g/mol. The van der Waals surface area contributed by atoms with Crippen LogP contribution in [0.15, 0.2) is 91.0 Å². The lowest BCUT2D eigenvalue weighted by molar-refractivity contribution is -0.145. The van der Waals surface area contributed by atoms with Crippen LogP contribution in [-0.4, -0.2) is 25.0 Å². The lowest BCUT2D eigenvalue weighted by Crippen LogP contribution is -2.52. The molecule has 0 aliphatic rings. The summed E-state index contributed by atoms with van der Waals surface area (Å²) in [7, 11) is 1.37. The normalized spacial score (nSPS) is 12.1. The summed E-state index contributed by atoms with van der Waals surface area (Å²) in [5, 5.41) is 3.07. The largest absolute Gasteiger partial charge is 0.467 e. The van der Waals surface area contributed by atoms with Crippen LogP contribution in [0.2, 0.25) is 0 Å². The molecule has 3 aromatic carbocycles. The first kappa shape index (κ1) is 24.2. The van der Waals surface area contributed by atoms with Gasteiger partial charge in [0.2, 0.25) is 5.91 Å². The van der Waals surface area contributed by atoms with Gasteiger partial charge in [-0.15, -0.1) is 0 Å². The third kappa shape index (κ3) is 5.51. The summed E-state index contributed by atoms with van der Waals surface area (Å²) in [5.41, 5.74) is 1.41. The minimum absolute atomic E-state index is 0.239. The van der Waals surface area contributed by atoms with E-state index in [-0.39, 0.29) is 5.91 Å². The lowest BCUT2D eigenvalue weighted by atomic mass is 9.68. The van der Waals surface area contributed by atoms with Gasteiger partial charge in [-0.25, -0.2) is 4.79 Å². The maximum Gasteiger partial charge on any atom is 0.328 e. The number of rotatable bonds is 11. The highest BCUT2D eigenvalue weighted by Crippen LogP contribution is 2.39. The van der Waals surface area contributed by atoms with Crippen LogP contribution in [0.25, 0.3) is 0 Å². The highest BCUT2D eigenvalue weighted by molar-refractivity contribution is 5.98. The van der Waals surface area contributed by atoms with E-state index in [1.165, 1.54) is 7.11 Å². The van der Waals surface area contributed by atoms with Gasteiger partial charge in [-0.2, -0.15) is 0 Å². The molecule has 3 rings (SSSR count). The minimum Gasteiger partial charge on any atom is -0.467 e. The summed E-state index contributed by atoms with van der Waals surface area (Å²) in [6.45, 7) is 2.15. The first-order valence-corrected chi connectivity index (χ1v) is 11.7. The van der Waals surface area contributed by atoms with Gasteiger partial charge in [0.15, 0.2) is 0 Å². The second-order valence-corrected chi connectivity index (χ2v) is 8.25. The molecule has 0 fully saturated rings. The SMILES string of the molecule is CCCCCC[C@@H](NC(=O)C(c1ccccc1)(c1ccccc1)c1ccccc1)C(=O)OC. The Morgan fingerprint density at radius 1 is 0.758 bits per heavy atom. The molecule has 0 aliphatic heterocycles. The fourth-order valence-electron chi connectivity index (χ4n) is 4.39. The maximum absolute atomic E-state index is 14.3. The molecule has 0 spiro atoms. The van der Waals surface area contributed by atoms with Crippen LogP contribution in [0, 0.1) is 0 Å². The summed E-state index contributed by atoms with van der Waals surface area (Å²) in [5.74, 6) is -0.653. The van der Waals surface area contributed by atoms with Crippen molar-refractivity contribution in [3.05, 3.63) is 108 Å². The fraction of sp³-hybridized carbons (Fsp3) is 0.310. The van der Waals surface area contributed by atoms with Crippen molar-refractivity contribution in [1.82, 2.24) is 5.32 Å². The molecule has 0 saturated carbocycles. The smallest absolute Gasteiger partial charge is 0.328 e. The number of carbonyl (C=O) groups is 2. The van der Waals surface area contributed by atoms with Crippen molar-refractivity contribution in [3.63, 3.8) is 0 Å². The lowest BCUT2D eigenvalue weighted by Gasteiger charge is -2.35. The van der Waals surface area contributed by atoms with Crippen molar-refractivity contribution in [3.8, 4) is 0 Å². The third-order valence-corrected chi connectivity index (χ3v) is 6.10. The maximum atomic E-state index is 14.3. The van der Waals surface area contributed by atoms with E-state index in [2.05, 4.69) is 12.2 Å². The molecule has 0 radical (unpaired) electrons. The van der Waals surface area contributed by atoms with E-state index in [4.69, 9.17) is 4.74 Å². The molecule has 33 heavy (non-hydrogen) atoms. The number of hydrogen-bond donors (Lipinski definition) is 1. The quantitative estimate of drug-likeness (QED) is 0.237. The van der Waals surface area contributed by atoms with Gasteiger partial charge in [-0.05, 0) is 23.1 Å². The fourth-order valence-corrected chi connectivity index (χ4v) is 4.39. The van der Waals surface area contributed by atoms with Gasteiger partial charge < -0.3 is 10.1 Å². The molecule has 0 unspecified atom stereocenters. The van der Waals surface area contributed by atoms with E-state index in [9.17, 15) is 9.59 Å². The van der Waals surface area contributed by atoms with Crippen LogP contribution in [-0.2, 0) is 19.7 Å². The number of amides is 1. The molecule has 0 heterocycles. The zero-order valence-corrected chi connectivity index (χ0v) is 19.5. The van der Waals surface area contributed by atoms with E-state index >= 15 is 0 Å². The summed E-state index contributed by atoms with van der Waals surface area (Å²) < 4.78 is 5.05. The van der Waals surface area contributed by atoms with Crippen LogP contribution in [0.4, 0.5) is 0 Å². The Kier molecular flexibility index (Phi) is 8.82. The third-order valence-electron chi connectivity index (χ3n) is 6.10. The Morgan fingerprint density at radius 2 is 1.21 bits per heavy atom. The topological polar surface area (TPSA) is 55.4 Å². The van der Waals surface area contributed by atoms with Crippen molar-refractivity contribution in [2.45, 2.75) is 50.5 Å². The summed E-state index contributed by atoms with van der Waals surface area (Å²) in [4.78, 5) is 26.9. The zero-order valence-electron chi connectivity index (χ0n) is 19.5. The number of benzene rings is 3. The Balaban J connectivity index is 2.10. The van der Waals surface area contributed by atoms with Crippen LogP contribution in [0.1, 0.15) is 55.7 Å². The van der Waals surface area contributed by atoms with Crippen molar-refractivity contribution in [2.24, 2.45) is 0 Å². The predicted molar refractivity (Wildman–Crippen MR) is 132 cm³/mol. The van der Waals surface area contributed by atoms with Crippen molar-refractivity contribution in [1.29, 1.82) is 0 Å². The number of unbranched alkanes of at least 4 members (excludes halogenated alkanes) is 3. The highest BCUT2D eigenvalue weighted by Gasteiger charge is 2.45. The summed E-state index contributed by atoms with van der Waals surface area (Å²) in [6, 6.07) is 28.5. The first-order chi connectivity index (χ1) is 16.1. The molecule has 1 atom stereocenters. The van der Waals surface area contributed by atoms with E-state index < -0.39 is 17.4 Å². The number of ether oxygens (including phenoxy) is 1. The van der Waals surface area contributed by atoms with Crippen molar-refractivity contribution in [2.75, 3.05) is 7.11 Å². The predicted octanol–water partition coefficient (Wildman–Crippen LogP) is 5.65. The Labute approximate surface area is 197 Å². The number of nitrogens with one attached hydrogen (secondary N) is 1. The number of hydrogen-bond acceptors (Lipinski definition) is 3. The Hall–Kier alpha value is -3.40. The van der Waals surface area contributed by atoms with Gasteiger partial charge in [-0.1, -0.05) is 124 Å². The van der Waals surface area contributed by atoms with E-state index in [0.717, 1.165) is 42.4 Å². The van der Waals surface area contributed by atoms with E-state index in [0.29, 0.717) is 6.42 Å². The van der Waals surface area contributed by atoms with E-state index in [1.54, 1.807) is 0 Å². The molecule has 3 aromatic rings. The molecule has 0 saturated heterocycles. The standard InChI is InChI=1S/C29H33NO3/c1-3-4-5-15-22-26(27(31)33-2)30-28(32)29(23-16-9-6-10-17-23,24-18-11-7-12-19-24)25-20-13-8-14-21-25/h6-14,16-21,26H,3-5,15,22H2,1-2H3,(H,30,32)/t26-/m1/s1. The average Bonchev–Trinajstić information content (AvgIpc) is 2.88. The van der Waals surface area contributed by atoms with Crippen LogP contribution >= 0.6 is 0 Å². The van der Waals surface area contributed by atoms with Gasteiger partial charge in [-0.3, -0.25) is 4.79 Å². The molecule has 0 aromatic heterocycles. The first-order valence-electron chi connectivity index (χ1n) is 11.7. The number of esters is 1. The minimum atomic E-state index is -1.11. The summed E-state index contributed by atoms with van der Waals surface area (Å²) >= 11 is 0. The second-order valence-electron chi connectivity index (χ2n) is 8.25. The number of carbonyl (C=O) groups excluding carboxylic acids is 2. The van der Waals surface area contributed by atoms with Crippen LogP contribution < -0.4 is 5.32 Å². The Morgan fingerprint density at radius 3 is 1.61 bits per heavy atom. The summed E-state index contributed by atoms with van der Waals surface area (Å²) in [6.07, 6.45) is 4.62. The molecule has 0 aliphatic carbocycles. The van der Waals surface area contributed by atoms with Gasteiger partial charge in [0.05, 0.1) is 7.11 Å². The van der Waals surface area contributed by atoms with Crippen molar-refractivity contribution >= 4 is 11.9 Å². The van der Waals surface area contributed by atoms with Crippen molar-refractivity contribution < 1.29 is 14.3 Å².